The number of thiophene rings is 1. The Bertz CT molecular complexity index is 1380. The van der Waals surface area contributed by atoms with Gasteiger partial charge in [0.25, 0.3) is 0 Å². The Kier molecular flexibility index (Phi) is 8.00. The summed E-state index contributed by atoms with van der Waals surface area (Å²) in [4.78, 5) is 36.4. The normalized spacial score (nSPS) is 21.6. The fourth-order valence-electron chi connectivity index (χ4n) is 6.36. The quantitative estimate of drug-likeness (QED) is 0.299. The number of piperazine rings is 1. The number of aromatic carboxylic acids is 1. The highest BCUT2D eigenvalue weighted by Gasteiger charge is 2.44. The molecule has 2 saturated heterocycles. The zero-order chi connectivity index (χ0) is 27.6. The summed E-state index contributed by atoms with van der Waals surface area (Å²) in [5.74, 6) is -0.110. The Morgan fingerprint density at radius 1 is 1.00 bits per heavy atom. The van der Waals surface area contributed by atoms with Crippen LogP contribution in [0.1, 0.15) is 54.6 Å². The summed E-state index contributed by atoms with van der Waals surface area (Å²) < 4.78 is 15.6. The lowest BCUT2D eigenvalue weighted by molar-refractivity contribution is -0.121. The molecule has 6 rings (SSSR count). The molecule has 0 bridgehead atoms. The van der Waals surface area contributed by atoms with Crippen LogP contribution in [-0.4, -0.2) is 58.5 Å². The number of hydrogen-bond donors (Lipinski definition) is 1. The molecule has 2 aliphatic heterocycles. The van der Waals surface area contributed by atoms with E-state index in [-0.39, 0.29) is 29.3 Å². The minimum atomic E-state index is -1.99. The second kappa shape index (κ2) is 11.8. The molecule has 8 nitrogen and oxygen atoms in total. The number of hydrogen-bond acceptors (Lipinski definition) is 6. The van der Waals surface area contributed by atoms with E-state index in [9.17, 15) is 18.9 Å². The van der Waals surface area contributed by atoms with Crippen LogP contribution in [-0.2, 0) is 20.0 Å². The van der Waals surface area contributed by atoms with E-state index in [0.717, 1.165) is 67.9 Å². The third-order valence-electron chi connectivity index (χ3n) is 8.37. The van der Waals surface area contributed by atoms with Crippen LogP contribution in [0.5, 0.6) is 0 Å². The van der Waals surface area contributed by atoms with Gasteiger partial charge in [-0.05, 0) is 55.4 Å². The molecule has 1 amide bonds. The van der Waals surface area contributed by atoms with Crippen molar-refractivity contribution in [2.75, 3.05) is 36.0 Å². The fraction of sp³-hybridized carbons (Fsp3) is 0.433. The molecule has 40 heavy (non-hydrogen) atoms. The largest absolute Gasteiger partial charge is 0.477 e. The number of rotatable bonds is 7. The Morgan fingerprint density at radius 2 is 1.75 bits per heavy atom. The molecule has 10 heteroatoms. The summed E-state index contributed by atoms with van der Waals surface area (Å²) >= 11 is 1.20. The molecule has 210 valence electrons. The summed E-state index contributed by atoms with van der Waals surface area (Å²) in [6.45, 7) is 2.40. The van der Waals surface area contributed by atoms with Crippen LogP contribution < -0.4 is 9.80 Å². The first-order valence-electron chi connectivity index (χ1n) is 14.2. The summed E-state index contributed by atoms with van der Waals surface area (Å²) in [5, 5.41) is 10.1. The first-order valence-corrected chi connectivity index (χ1v) is 16.2. The SMILES string of the molecule is O=C(O)c1sc(-c2ccccc2)cc1N1C(=O)CN([SH+](=O)c2ccc(N3CCCC3)nc2)CC1C1CCCCC1. The molecular weight excluding hydrogens is 544 g/mol. The lowest BCUT2D eigenvalue weighted by Gasteiger charge is -2.43. The van der Waals surface area contributed by atoms with Crippen molar-refractivity contribution in [2.24, 2.45) is 5.92 Å². The van der Waals surface area contributed by atoms with E-state index in [4.69, 9.17) is 0 Å². The number of carbonyl (C=O) groups excluding carboxylic acids is 1. The van der Waals surface area contributed by atoms with E-state index >= 15 is 0 Å². The number of carboxylic acid groups (broad SMARTS) is 1. The maximum Gasteiger partial charge on any atom is 0.348 e. The van der Waals surface area contributed by atoms with Crippen LogP contribution in [0, 0.1) is 5.92 Å². The van der Waals surface area contributed by atoms with E-state index in [1.165, 1.54) is 17.8 Å². The number of carboxylic acids is 1. The maximum absolute atomic E-state index is 13.9. The van der Waals surface area contributed by atoms with Gasteiger partial charge in [-0.1, -0.05) is 53.8 Å². The number of anilines is 2. The zero-order valence-electron chi connectivity index (χ0n) is 22.4. The van der Waals surface area contributed by atoms with Gasteiger partial charge in [-0.25, -0.2) is 9.78 Å². The molecule has 2 aromatic heterocycles. The van der Waals surface area contributed by atoms with Gasteiger partial charge >= 0.3 is 5.97 Å². The molecule has 3 aromatic rings. The number of pyridine rings is 1. The van der Waals surface area contributed by atoms with Crippen LogP contribution in [0.25, 0.3) is 10.4 Å². The van der Waals surface area contributed by atoms with Crippen LogP contribution in [0.15, 0.2) is 59.6 Å². The monoisotopic (exact) mass is 579 g/mol. The zero-order valence-corrected chi connectivity index (χ0v) is 24.2. The number of carbonyl (C=O) groups is 2. The molecule has 0 radical (unpaired) electrons. The van der Waals surface area contributed by atoms with Crippen molar-refractivity contribution in [1.29, 1.82) is 0 Å². The van der Waals surface area contributed by atoms with Gasteiger partial charge in [0.15, 0.2) is 15.9 Å². The predicted molar refractivity (Wildman–Crippen MR) is 160 cm³/mol. The second-order valence-electron chi connectivity index (χ2n) is 10.9. The van der Waals surface area contributed by atoms with Crippen molar-refractivity contribution < 1.29 is 18.9 Å². The predicted octanol–water partition coefficient (Wildman–Crippen LogP) is 5.38. The highest BCUT2D eigenvalue weighted by atomic mass is 32.2. The first-order chi connectivity index (χ1) is 19.5. The summed E-state index contributed by atoms with van der Waals surface area (Å²) in [5.41, 5.74) is 1.39. The van der Waals surface area contributed by atoms with Gasteiger partial charge < -0.3 is 14.9 Å². The summed E-state index contributed by atoms with van der Waals surface area (Å²) in [6.07, 6.45) is 9.30. The van der Waals surface area contributed by atoms with Gasteiger partial charge in [-0.3, -0.25) is 4.79 Å². The van der Waals surface area contributed by atoms with E-state index in [2.05, 4.69) is 9.88 Å². The lowest BCUT2D eigenvalue weighted by atomic mass is 9.82. The Balaban J connectivity index is 1.31. The van der Waals surface area contributed by atoms with Crippen molar-refractivity contribution in [1.82, 2.24) is 9.29 Å². The summed E-state index contributed by atoms with van der Waals surface area (Å²) in [6, 6.07) is 15.1. The van der Waals surface area contributed by atoms with Crippen LogP contribution in [0.2, 0.25) is 0 Å². The van der Waals surface area contributed by atoms with Gasteiger partial charge in [0.1, 0.15) is 17.2 Å². The smallest absolute Gasteiger partial charge is 0.348 e. The minimum absolute atomic E-state index is 0.0259. The highest BCUT2D eigenvalue weighted by molar-refractivity contribution is 7.82. The minimum Gasteiger partial charge on any atom is -0.477 e. The number of nitrogens with zero attached hydrogens (tertiary/aromatic N) is 4. The van der Waals surface area contributed by atoms with Gasteiger partial charge in [0.05, 0.1) is 24.5 Å². The maximum atomic E-state index is 13.9. The molecule has 1 saturated carbocycles. The molecular formula is C30H35N4O4S2+. The number of amides is 1. The highest BCUT2D eigenvalue weighted by Crippen LogP contribution is 2.41. The molecule has 0 spiro atoms. The van der Waals surface area contributed by atoms with E-state index in [0.29, 0.717) is 17.1 Å². The first kappa shape index (κ1) is 27.1. The molecule has 2 atom stereocenters. The Labute approximate surface area is 241 Å². The average Bonchev–Trinajstić information content (AvgIpc) is 3.69. The lowest BCUT2D eigenvalue weighted by Crippen LogP contribution is -2.59. The molecule has 4 heterocycles. The van der Waals surface area contributed by atoms with Crippen molar-refractivity contribution >= 4 is 45.7 Å². The molecule has 3 aliphatic rings. The topological polar surface area (TPSA) is 94.0 Å². The number of thiol groups is 1. The number of aromatic nitrogens is 1. The van der Waals surface area contributed by atoms with Gasteiger partial charge in [0, 0.05) is 18.0 Å². The van der Waals surface area contributed by atoms with E-state index < -0.39 is 17.0 Å². The standard InChI is InChI=1S/C30H34N4O4S2/c35-28-20-33(40(38)23-13-14-27(31-18-23)32-15-7-8-16-32)19-25(21-9-3-1-4-10-21)34(28)24-17-26(39-29(24)30(36)37)22-11-5-2-6-12-22/h2,5-6,11-14,17-18,21,25H,1,3-4,7-10,15-16,19-20H2,(H,36,37)/p+1. The van der Waals surface area contributed by atoms with Gasteiger partial charge in [-0.2, -0.15) is 0 Å². The van der Waals surface area contributed by atoms with Crippen LogP contribution in [0.3, 0.4) is 0 Å². The molecule has 1 aliphatic carbocycles. The fourth-order valence-corrected chi connectivity index (χ4v) is 8.60. The third-order valence-corrected chi connectivity index (χ3v) is 11.1. The molecule has 3 fully saturated rings. The second-order valence-corrected chi connectivity index (χ2v) is 13.6. The van der Waals surface area contributed by atoms with Crippen molar-refractivity contribution in [3.8, 4) is 10.4 Å². The van der Waals surface area contributed by atoms with E-state index in [1.807, 2.05) is 48.5 Å². The van der Waals surface area contributed by atoms with Gasteiger partial charge in [-0.15, -0.1) is 15.6 Å². The van der Waals surface area contributed by atoms with Crippen molar-refractivity contribution in [3.63, 3.8) is 0 Å². The van der Waals surface area contributed by atoms with Crippen molar-refractivity contribution in [3.05, 3.63) is 59.6 Å². The molecule has 1 N–H and O–H groups in total. The average molecular weight is 580 g/mol. The van der Waals surface area contributed by atoms with E-state index in [1.54, 1.807) is 15.4 Å². The molecule has 2 unspecified atom stereocenters. The van der Waals surface area contributed by atoms with Crippen LogP contribution >= 0.6 is 11.3 Å². The summed E-state index contributed by atoms with van der Waals surface area (Å²) in [7, 11) is -1.99. The number of benzene rings is 1. The van der Waals surface area contributed by atoms with Crippen LogP contribution in [0.4, 0.5) is 11.5 Å². The Morgan fingerprint density at radius 3 is 2.42 bits per heavy atom. The third kappa shape index (κ3) is 5.44. The van der Waals surface area contributed by atoms with Gasteiger partial charge in [0.2, 0.25) is 5.91 Å². The molecule has 1 aromatic carbocycles. The van der Waals surface area contributed by atoms with Crippen molar-refractivity contribution in [2.45, 2.75) is 55.9 Å². The Hall–Kier alpha value is -3.08.